The van der Waals surface area contributed by atoms with Gasteiger partial charge >= 0.3 is 6.18 Å². The second-order valence-electron chi connectivity index (χ2n) is 18.1. The van der Waals surface area contributed by atoms with Crippen LogP contribution in [0.5, 0.6) is 5.75 Å². The number of aliphatic hydroxyl groups is 2. The predicted octanol–water partition coefficient (Wildman–Crippen LogP) is 11.6. The third kappa shape index (κ3) is 13.0. The van der Waals surface area contributed by atoms with Gasteiger partial charge in [0.05, 0.1) is 19.8 Å². The Morgan fingerprint density at radius 1 is 0.868 bits per heavy atom. The summed E-state index contributed by atoms with van der Waals surface area (Å²) in [6.45, 7) is 12.3. The molecule has 0 saturated heterocycles. The van der Waals surface area contributed by atoms with Crippen LogP contribution in [-0.4, -0.2) is 62.5 Å². The number of benzene rings is 3. The van der Waals surface area contributed by atoms with E-state index < -0.39 is 34.3 Å². The van der Waals surface area contributed by atoms with Gasteiger partial charge in [-0.15, -0.1) is 6.42 Å². The molecule has 1 unspecified atom stereocenters. The van der Waals surface area contributed by atoms with Crippen molar-refractivity contribution in [2.45, 2.75) is 82.4 Å². The van der Waals surface area contributed by atoms with Crippen molar-refractivity contribution in [3.05, 3.63) is 152 Å². The smallest absolute Gasteiger partial charge is 0.437 e. The molecule has 0 fully saturated rings. The molecule has 0 bridgehead atoms. The Bertz CT molecular complexity index is 2590. The lowest BCUT2D eigenvalue weighted by Crippen LogP contribution is -2.43. The third-order valence-corrected chi connectivity index (χ3v) is 12.6. The van der Waals surface area contributed by atoms with Crippen LogP contribution in [0.2, 0.25) is 0 Å². The summed E-state index contributed by atoms with van der Waals surface area (Å²) in [7, 11) is 0. The number of alkyl halides is 3. The number of thioether (sulfide) groups is 1. The number of hydrogen-bond acceptors (Lipinski definition) is 10. The van der Waals surface area contributed by atoms with E-state index in [-0.39, 0.29) is 42.8 Å². The number of aliphatic hydroxyl groups excluding tert-OH is 2. The Balaban J connectivity index is 1.61. The third-order valence-electron chi connectivity index (χ3n) is 11.4. The fourth-order valence-electron chi connectivity index (χ4n) is 8.04. The number of terminal acetylenes is 1. The average molecular weight is 943 g/mol. The Morgan fingerprint density at radius 2 is 1.51 bits per heavy atom. The van der Waals surface area contributed by atoms with Crippen LogP contribution in [0.1, 0.15) is 77.0 Å². The summed E-state index contributed by atoms with van der Waals surface area (Å²) in [5.74, 6) is 1.95. The van der Waals surface area contributed by atoms with Crippen molar-refractivity contribution in [3.8, 4) is 36.3 Å². The second kappa shape index (κ2) is 23.5. The highest BCUT2D eigenvalue weighted by Gasteiger charge is 2.65. The van der Waals surface area contributed by atoms with Crippen LogP contribution >= 0.6 is 11.8 Å². The maximum absolute atomic E-state index is 15.9. The molecule has 68 heavy (non-hydrogen) atoms. The van der Waals surface area contributed by atoms with E-state index in [1.165, 1.54) is 36.4 Å². The van der Waals surface area contributed by atoms with Crippen molar-refractivity contribution in [3.63, 3.8) is 0 Å². The Hall–Kier alpha value is -6.45. The first kappa shape index (κ1) is 52.5. The van der Waals surface area contributed by atoms with E-state index in [1.54, 1.807) is 30.0 Å². The Kier molecular flexibility index (Phi) is 18.2. The molecule has 9 nitrogen and oxygen atoms in total. The minimum absolute atomic E-state index is 0.0532. The summed E-state index contributed by atoms with van der Waals surface area (Å²) in [5, 5.41) is 49.2. The molecular weight excluding hydrogens is 886 g/mol. The number of halogens is 3. The highest BCUT2D eigenvalue weighted by Crippen LogP contribution is 2.56. The number of hydrogen-bond donors (Lipinski definition) is 2. The molecule has 354 valence electrons. The first-order chi connectivity index (χ1) is 32.4. The van der Waals surface area contributed by atoms with Crippen molar-refractivity contribution >= 4 is 23.5 Å². The maximum atomic E-state index is 15.9. The van der Waals surface area contributed by atoms with Crippen molar-refractivity contribution in [1.82, 2.24) is 0 Å². The van der Waals surface area contributed by atoms with Gasteiger partial charge in [0.2, 0.25) is 0 Å². The van der Waals surface area contributed by atoms with E-state index >= 15 is 13.2 Å². The second-order valence-corrected chi connectivity index (χ2v) is 19.2. The lowest BCUT2D eigenvalue weighted by molar-refractivity contribution is -0.249. The number of nitrogens with zero attached hydrogens (tertiary/aromatic N) is 4. The number of anilines is 1. The van der Waals surface area contributed by atoms with E-state index in [0.29, 0.717) is 51.1 Å². The van der Waals surface area contributed by atoms with Crippen LogP contribution in [0.15, 0.2) is 141 Å². The van der Waals surface area contributed by atoms with Crippen molar-refractivity contribution in [2.24, 2.45) is 5.41 Å². The number of rotatable bonds is 19. The molecule has 13 heteroatoms. The molecule has 0 saturated carbocycles. The largest absolute Gasteiger partial charge is 0.494 e. The predicted molar refractivity (Wildman–Crippen MR) is 261 cm³/mol. The van der Waals surface area contributed by atoms with Crippen LogP contribution in [0, 0.1) is 51.8 Å². The lowest BCUT2D eigenvalue weighted by Gasteiger charge is -2.34. The molecule has 0 spiro atoms. The SMILES string of the molecule is C#CCOCCCCOc1ccc(C2(C(F)(F)F)OC(=C(C#N)C#N)C(C#N)=C2/C=C/C=C2\CC(C)(C)CC(/C=C/c3ccc(N(CCO)CCO)cc3)=C2Sc2ccc(C(C)(C)C)cc2)cc1. The summed E-state index contributed by atoms with van der Waals surface area (Å²) >= 11 is 1.56. The van der Waals surface area contributed by atoms with Crippen LogP contribution in [0.25, 0.3) is 6.08 Å². The number of unbranched alkanes of at least 4 members (excludes halogenated alkanes) is 1. The van der Waals surface area contributed by atoms with E-state index in [1.807, 2.05) is 41.3 Å². The standard InChI is InChI=1S/C55H57F3N4O5S/c1-7-31-65-32-8-9-33-66-46-23-17-44(18-24-46)54(55(56,57)58)49(48(38-61)50(67-54)42(36-59)37-60)12-10-11-40-34-53(5,6)35-41(51(40)68-47-25-19-43(20-26-47)52(2,3)4)16-13-39-14-21-45(22-15-39)62(27-29-63)28-30-64/h1,10-26,63-64H,8-9,27-35H2,2-6H3/b12-10+,16-13+,40-11+. The molecule has 0 radical (unpaired) electrons. The van der Waals surface area contributed by atoms with Crippen LogP contribution < -0.4 is 9.64 Å². The van der Waals surface area contributed by atoms with E-state index in [2.05, 4.69) is 70.9 Å². The van der Waals surface area contributed by atoms with Crippen molar-refractivity contribution in [2.75, 3.05) is 51.0 Å². The topological polar surface area (TPSA) is 143 Å². The minimum Gasteiger partial charge on any atom is -0.494 e. The normalized spacial score (nSPS) is 17.8. The summed E-state index contributed by atoms with van der Waals surface area (Å²) in [4.78, 5) is 3.79. The zero-order chi connectivity index (χ0) is 49.5. The molecule has 2 aliphatic rings. The van der Waals surface area contributed by atoms with Gasteiger partial charge in [0.25, 0.3) is 5.60 Å². The van der Waals surface area contributed by atoms with Gasteiger partial charge in [0.15, 0.2) is 11.3 Å². The fraction of sp³-hybridized carbons (Fsp3) is 0.364. The quantitative estimate of drug-likeness (QED) is 0.0677. The van der Waals surface area contributed by atoms with Gasteiger partial charge in [-0.05, 0) is 95.2 Å². The molecule has 2 N–H and O–H groups in total. The highest BCUT2D eigenvalue weighted by molar-refractivity contribution is 8.03. The maximum Gasteiger partial charge on any atom is 0.437 e. The summed E-state index contributed by atoms with van der Waals surface area (Å²) in [6, 6.07) is 26.3. The van der Waals surface area contributed by atoms with Crippen molar-refractivity contribution in [1.29, 1.82) is 15.8 Å². The summed E-state index contributed by atoms with van der Waals surface area (Å²) in [5.41, 5.74) is -1.10. The van der Waals surface area contributed by atoms with Gasteiger partial charge in [-0.1, -0.05) is 119 Å². The highest BCUT2D eigenvalue weighted by atomic mass is 32.2. The Morgan fingerprint density at radius 3 is 2.09 bits per heavy atom. The molecule has 0 amide bonds. The van der Waals surface area contributed by atoms with Crippen LogP contribution in [0.3, 0.4) is 0 Å². The Labute approximate surface area is 402 Å². The van der Waals surface area contributed by atoms with Gasteiger partial charge in [0.1, 0.15) is 36.1 Å². The number of ether oxygens (including phenoxy) is 3. The molecular formula is C55H57F3N4O5S. The summed E-state index contributed by atoms with van der Waals surface area (Å²) in [6.07, 6.45) is 11.1. The lowest BCUT2D eigenvalue weighted by atomic mass is 9.74. The minimum atomic E-state index is -5.18. The van der Waals surface area contributed by atoms with E-state index in [4.69, 9.17) is 20.6 Å². The number of allylic oxidation sites excluding steroid dienone is 7. The first-order valence-electron chi connectivity index (χ1n) is 22.3. The molecule has 1 aliphatic heterocycles. The van der Waals surface area contributed by atoms with Gasteiger partial charge in [-0.2, -0.15) is 29.0 Å². The van der Waals surface area contributed by atoms with Crippen LogP contribution in [0.4, 0.5) is 18.9 Å². The van der Waals surface area contributed by atoms with Crippen LogP contribution in [-0.2, 0) is 20.5 Å². The number of nitriles is 3. The van der Waals surface area contributed by atoms with Gasteiger partial charge in [-0.3, -0.25) is 0 Å². The van der Waals surface area contributed by atoms with Gasteiger partial charge < -0.3 is 29.3 Å². The molecule has 1 heterocycles. The van der Waals surface area contributed by atoms with Crippen molar-refractivity contribution < 1.29 is 37.6 Å². The molecule has 0 aromatic heterocycles. The molecule has 3 aromatic rings. The zero-order valence-electron chi connectivity index (χ0n) is 39.1. The van der Waals surface area contributed by atoms with E-state index in [9.17, 15) is 26.0 Å². The fourth-order valence-corrected chi connectivity index (χ4v) is 9.09. The zero-order valence-corrected chi connectivity index (χ0v) is 39.9. The summed E-state index contributed by atoms with van der Waals surface area (Å²) < 4.78 is 64.4. The van der Waals surface area contributed by atoms with Gasteiger partial charge in [-0.25, -0.2) is 0 Å². The molecule has 5 rings (SSSR count). The monoisotopic (exact) mass is 942 g/mol. The average Bonchev–Trinajstić information content (AvgIpc) is 3.64. The van der Waals surface area contributed by atoms with Gasteiger partial charge in [0, 0.05) is 46.3 Å². The molecule has 1 atom stereocenters. The van der Waals surface area contributed by atoms with E-state index in [0.717, 1.165) is 37.8 Å². The molecule has 1 aliphatic carbocycles. The first-order valence-corrected chi connectivity index (χ1v) is 23.1. The molecule has 3 aromatic carbocycles.